The lowest BCUT2D eigenvalue weighted by Gasteiger charge is -2.10. The van der Waals surface area contributed by atoms with Gasteiger partial charge in [-0.05, 0) is 67.6 Å². The first kappa shape index (κ1) is 23.9. The maximum Gasteiger partial charge on any atom is 0.339 e. The van der Waals surface area contributed by atoms with E-state index in [4.69, 9.17) is 20.5 Å². The highest BCUT2D eigenvalue weighted by atomic mass is 35.5. The number of nitrogens with one attached hydrogen (secondary N) is 1. The number of hydrogen-bond donors (Lipinski definition) is 1. The molecule has 0 radical (unpaired) electrons. The molecule has 1 N–H and O–H groups in total. The van der Waals surface area contributed by atoms with Crippen LogP contribution < -0.4 is 14.2 Å². The van der Waals surface area contributed by atoms with Crippen LogP contribution in [-0.4, -0.2) is 20.9 Å². The van der Waals surface area contributed by atoms with E-state index >= 15 is 0 Å². The third-order valence-corrected chi connectivity index (χ3v) is 5.81. The van der Waals surface area contributed by atoms with Gasteiger partial charge in [0.15, 0.2) is 0 Å². The van der Waals surface area contributed by atoms with Crippen LogP contribution in [0, 0.1) is 11.3 Å². The van der Waals surface area contributed by atoms with Gasteiger partial charge in [0.25, 0.3) is 5.91 Å². The third kappa shape index (κ3) is 6.35. The Morgan fingerprint density at radius 2 is 1.73 bits per heavy atom. The van der Waals surface area contributed by atoms with E-state index in [0.717, 1.165) is 0 Å². The Bertz CT molecular complexity index is 1310. The molecule has 0 aliphatic rings. The van der Waals surface area contributed by atoms with Crippen molar-refractivity contribution >= 4 is 39.4 Å². The molecule has 0 aliphatic carbocycles. The van der Waals surface area contributed by atoms with Crippen molar-refractivity contribution in [3.63, 3.8) is 0 Å². The Morgan fingerprint density at radius 3 is 2.36 bits per heavy atom. The molecule has 1 amide bonds. The summed E-state index contributed by atoms with van der Waals surface area (Å²) in [5, 5.41) is 12.5. The van der Waals surface area contributed by atoms with Gasteiger partial charge in [0.2, 0.25) is 0 Å². The largest absolute Gasteiger partial charge is 0.494 e. The molecule has 0 aliphatic heterocycles. The van der Waals surface area contributed by atoms with Crippen molar-refractivity contribution in [2.45, 2.75) is 11.8 Å². The summed E-state index contributed by atoms with van der Waals surface area (Å²) >= 11 is 5.81. The molecule has 0 aromatic heterocycles. The average Bonchev–Trinajstić information content (AvgIpc) is 2.80. The summed E-state index contributed by atoms with van der Waals surface area (Å²) in [5.41, 5.74) is 0.483. The van der Waals surface area contributed by atoms with Gasteiger partial charge in [0.1, 0.15) is 28.0 Å². The molecule has 7 nitrogen and oxygen atoms in total. The lowest BCUT2D eigenvalue weighted by Crippen LogP contribution is -2.14. The lowest BCUT2D eigenvalue weighted by molar-refractivity contribution is -0.112. The number of nitriles is 1. The summed E-state index contributed by atoms with van der Waals surface area (Å²) < 4.78 is 35.9. The minimum absolute atomic E-state index is 0.0333. The number of ether oxygens (including phenoxy) is 1. The zero-order chi connectivity index (χ0) is 23.8. The summed E-state index contributed by atoms with van der Waals surface area (Å²) in [6.45, 7) is 2.38. The summed E-state index contributed by atoms with van der Waals surface area (Å²) in [6, 6.07) is 20.2. The van der Waals surface area contributed by atoms with Crippen LogP contribution in [0.4, 0.5) is 5.69 Å². The fourth-order valence-electron chi connectivity index (χ4n) is 2.75. The molecule has 0 saturated heterocycles. The van der Waals surface area contributed by atoms with Crippen molar-refractivity contribution in [2.75, 3.05) is 11.9 Å². The minimum atomic E-state index is -4.16. The number of para-hydroxylation sites is 1. The first-order chi connectivity index (χ1) is 15.8. The molecule has 9 heteroatoms. The normalized spacial score (nSPS) is 11.4. The summed E-state index contributed by atoms with van der Waals surface area (Å²) in [4.78, 5) is 12.5. The Balaban J connectivity index is 1.83. The third-order valence-electron chi connectivity index (χ3n) is 4.31. The minimum Gasteiger partial charge on any atom is -0.494 e. The topological polar surface area (TPSA) is 105 Å². The van der Waals surface area contributed by atoms with Gasteiger partial charge >= 0.3 is 10.1 Å². The van der Waals surface area contributed by atoms with Crippen LogP contribution in [0.1, 0.15) is 12.5 Å². The van der Waals surface area contributed by atoms with E-state index in [9.17, 15) is 18.5 Å². The number of amides is 1. The number of halogens is 1. The summed E-state index contributed by atoms with van der Waals surface area (Å²) in [5.74, 6) is -0.0365. The first-order valence-corrected chi connectivity index (χ1v) is 11.6. The van der Waals surface area contributed by atoms with Crippen molar-refractivity contribution in [1.29, 1.82) is 5.26 Å². The maximum atomic E-state index is 12.6. The number of carbonyl (C=O) groups is 1. The molecule has 0 unspecified atom stereocenters. The van der Waals surface area contributed by atoms with Crippen molar-refractivity contribution in [3.8, 4) is 17.6 Å². The van der Waals surface area contributed by atoms with Gasteiger partial charge in [-0.2, -0.15) is 13.7 Å². The standard InChI is InChI=1S/C24H19ClN2O5S/c1-2-31-21-11-9-20(10-12-21)27-24(28)18(16-26)15-17-5-3-4-6-23(17)32-33(29,30)22-13-7-19(25)8-14-22/h3-15H,2H2,1H3,(H,27,28)/b18-15+. The molecule has 3 aromatic carbocycles. The number of hydrogen-bond acceptors (Lipinski definition) is 6. The first-order valence-electron chi connectivity index (χ1n) is 9.77. The molecule has 0 saturated carbocycles. The second-order valence-electron chi connectivity index (χ2n) is 6.61. The Hall–Kier alpha value is -3.80. The molecule has 3 aromatic rings. The Morgan fingerprint density at radius 1 is 1.06 bits per heavy atom. The molecule has 0 atom stereocenters. The smallest absolute Gasteiger partial charge is 0.339 e. The van der Waals surface area contributed by atoms with Gasteiger partial charge in [-0.1, -0.05) is 29.8 Å². The molecule has 3 rings (SSSR count). The molecule has 0 fully saturated rings. The number of carbonyl (C=O) groups excluding carboxylic acids is 1. The van der Waals surface area contributed by atoms with Crippen molar-refractivity contribution < 1.29 is 22.1 Å². The van der Waals surface area contributed by atoms with Crippen LogP contribution in [0.2, 0.25) is 5.02 Å². The van der Waals surface area contributed by atoms with E-state index in [0.29, 0.717) is 23.1 Å². The van der Waals surface area contributed by atoms with Gasteiger partial charge < -0.3 is 14.2 Å². The Labute approximate surface area is 197 Å². The van der Waals surface area contributed by atoms with Crippen molar-refractivity contribution in [3.05, 3.63) is 89.0 Å². The van der Waals surface area contributed by atoms with E-state index in [1.807, 2.05) is 13.0 Å². The van der Waals surface area contributed by atoms with E-state index in [-0.39, 0.29) is 21.8 Å². The van der Waals surface area contributed by atoms with Crippen LogP contribution >= 0.6 is 11.6 Å². The number of benzene rings is 3. The van der Waals surface area contributed by atoms with E-state index in [1.165, 1.54) is 42.5 Å². The number of rotatable bonds is 8. The van der Waals surface area contributed by atoms with Crippen LogP contribution in [-0.2, 0) is 14.9 Å². The summed E-state index contributed by atoms with van der Waals surface area (Å²) in [6.07, 6.45) is 1.26. The molecule has 168 valence electrons. The second kappa shape index (κ2) is 10.7. The zero-order valence-electron chi connectivity index (χ0n) is 17.5. The molecule has 0 bridgehead atoms. The predicted molar refractivity (Wildman–Crippen MR) is 126 cm³/mol. The van der Waals surface area contributed by atoms with E-state index in [2.05, 4.69) is 5.32 Å². The van der Waals surface area contributed by atoms with Crippen molar-refractivity contribution in [1.82, 2.24) is 0 Å². The van der Waals surface area contributed by atoms with E-state index in [1.54, 1.807) is 36.4 Å². The highest BCUT2D eigenvalue weighted by Crippen LogP contribution is 2.26. The van der Waals surface area contributed by atoms with Crippen LogP contribution in [0.25, 0.3) is 6.08 Å². The fourth-order valence-corrected chi connectivity index (χ4v) is 3.83. The molecular formula is C24H19ClN2O5S. The van der Waals surface area contributed by atoms with Gasteiger partial charge in [0.05, 0.1) is 6.61 Å². The molecule has 33 heavy (non-hydrogen) atoms. The maximum absolute atomic E-state index is 12.6. The van der Waals surface area contributed by atoms with Crippen LogP contribution in [0.3, 0.4) is 0 Å². The zero-order valence-corrected chi connectivity index (χ0v) is 19.1. The number of anilines is 1. The molecule has 0 heterocycles. The highest BCUT2D eigenvalue weighted by molar-refractivity contribution is 7.87. The molecule has 0 spiro atoms. The Kier molecular flexibility index (Phi) is 7.72. The van der Waals surface area contributed by atoms with Gasteiger partial charge in [-0.25, -0.2) is 0 Å². The molecular weight excluding hydrogens is 464 g/mol. The van der Waals surface area contributed by atoms with Gasteiger partial charge in [0, 0.05) is 16.3 Å². The quantitative estimate of drug-likeness (QED) is 0.273. The van der Waals surface area contributed by atoms with Gasteiger partial charge in [-0.3, -0.25) is 4.79 Å². The SMILES string of the molecule is CCOc1ccc(NC(=O)/C(C#N)=C/c2ccccc2OS(=O)(=O)c2ccc(Cl)cc2)cc1. The second-order valence-corrected chi connectivity index (χ2v) is 8.59. The fraction of sp³-hybridized carbons (Fsp3) is 0.0833. The van der Waals surface area contributed by atoms with E-state index < -0.39 is 16.0 Å². The monoisotopic (exact) mass is 482 g/mol. The predicted octanol–water partition coefficient (Wildman–Crippen LogP) is 5.05. The van der Waals surface area contributed by atoms with Crippen molar-refractivity contribution in [2.24, 2.45) is 0 Å². The van der Waals surface area contributed by atoms with Gasteiger partial charge in [-0.15, -0.1) is 0 Å². The van der Waals surface area contributed by atoms with Crippen LogP contribution in [0.15, 0.2) is 83.3 Å². The number of nitrogens with zero attached hydrogens (tertiary/aromatic N) is 1. The lowest BCUT2D eigenvalue weighted by atomic mass is 10.1. The average molecular weight is 483 g/mol. The highest BCUT2D eigenvalue weighted by Gasteiger charge is 2.19. The summed E-state index contributed by atoms with van der Waals surface area (Å²) in [7, 11) is -4.16. The van der Waals surface area contributed by atoms with Crippen LogP contribution in [0.5, 0.6) is 11.5 Å².